The van der Waals surface area contributed by atoms with E-state index in [-0.39, 0.29) is 0 Å². The molecule has 11 heavy (non-hydrogen) atoms. The van der Waals surface area contributed by atoms with E-state index >= 15 is 0 Å². The summed E-state index contributed by atoms with van der Waals surface area (Å²) in [5, 5.41) is 0. The van der Waals surface area contributed by atoms with Crippen LogP contribution in [0.4, 0.5) is 0 Å². The van der Waals surface area contributed by atoms with Gasteiger partial charge in [-0.2, -0.15) is 0 Å². The minimum atomic E-state index is 0.871. The molecule has 3 aliphatic carbocycles. The van der Waals surface area contributed by atoms with Gasteiger partial charge in [0.25, 0.3) is 0 Å². The fourth-order valence-electron chi connectivity index (χ4n) is 4.04. The van der Waals surface area contributed by atoms with Gasteiger partial charge < -0.3 is 0 Å². The van der Waals surface area contributed by atoms with E-state index < -0.39 is 0 Å². The Morgan fingerprint density at radius 2 is 2.00 bits per heavy atom. The molecule has 0 N–H and O–H groups in total. The molecule has 0 saturated heterocycles. The molecule has 0 aromatic rings. The SMILES string of the molecule is C=C1C(C)C2C3CCC(C3)C12. The highest BCUT2D eigenvalue weighted by atomic mass is 14.6. The van der Waals surface area contributed by atoms with Crippen LogP contribution in [-0.4, -0.2) is 0 Å². The zero-order valence-electron chi connectivity index (χ0n) is 7.22. The summed E-state index contributed by atoms with van der Waals surface area (Å²) in [4.78, 5) is 0. The van der Waals surface area contributed by atoms with Crippen molar-refractivity contribution in [2.45, 2.75) is 26.2 Å². The first kappa shape index (κ1) is 6.28. The van der Waals surface area contributed by atoms with E-state index in [1.807, 2.05) is 0 Å². The third-order valence-corrected chi connectivity index (χ3v) is 4.57. The third-order valence-electron chi connectivity index (χ3n) is 4.57. The maximum atomic E-state index is 4.20. The Morgan fingerprint density at radius 1 is 1.27 bits per heavy atom. The van der Waals surface area contributed by atoms with Crippen molar-refractivity contribution in [2.75, 3.05) is 0 Å². The van der Waals surface area contributed by atoms with E-state index in [0.717, 1.165) is 29.6 Å². The van der Waals surface area contributed by atoms with Crippen LogP contribution in [0.5, 0.6) is 0 Å². The second kappa shape index (κ2) is 1.73. The summed E-state index contributed by atoms with van der Waals surface area (Å²) in [5.74, 6) is 5.08. The molecule has 60 valence electrons. The number of hydrogen-bond acceptors (Lipinski definition) is 0. The molecule has 0 nitrogen and oxygen atoms in total. The van der Waals surface area contributed by atoms with Crippen molar-refractivity contribution >= 4 is 0 Å². The van der Waals surface area contributed by atoms with Gasteiger partial charge in [0.15, 0.2) is 0 Å². The van der Waals surface area contributed by atoms with E-state index in [0.29, 0.717) is 0 Å². The van der Waals surface area contributed by atoms with Gasteiger partial charge in [0.2, 0.25) is 0 Å². The van der Waals surface area contributed by atoms with Crippen molar-refractivity contribution in [3.8, 4) is 0 Å². The molecule has 0 heteroatoms. The lowest BCUT2D eigenvalue weighted by atomic mass is 9.56. The minimum Gasteiger partial charge on any atom is -0.0993 e. The van der Waals surface area contributed by atoms with E-state index in [4.69, 9.17) is 0 Å². The van der Waals surface area contributed by atoms with Gasteiger partial charge in [-0.3, -0.25) is 0 Å². The van der Waals surface area contributed by atoms with Crippen LogP contribution in [0, 0.1) is 29.6 Å². The predicted octanol–water partition coefficient (Wildman–Crippen LogP) is 2.85. The molecule has 3 aliphatic rings. The summed E-state index contributed by atoms with van der Waals surface area (Å²) < 4.78 is 0. The lowest BCUT2D eigenvalue weighted by Crippen LogP contribution is -2.41. The molecule has 3 fully saturated rings. The number of allylic oxidation sites excluding steroid dienone is 1. The quantitative estimate of drug-likeness (QED) is 0.463. The van der Waals surface area contributed by atoms with Gasteiger partial charge in [0, 0.05) is 0 Å². The molecule has 0 radical (unpaired) electrons. The first-order valence-electron chi connectivity index (χ1n) is 4.97. The van der Waals surface area contributed by atoms with E-state index in [1.54, 1.807) is 12.0 Å². The Balaban J connectivity index is 1.95. The summed E-state index contributed by atoms with van der Waals surface area (Å²) in [5.41, 5.74) is 1.59. The van der Waals surface area contributed by atoms with Crippen LogP contribution in [0.25, 0.3) is 0 Å². The van der Waals surface area contributed by atoms with Crippen molar-refractivity contribution < 1.29 is 0 Å². The summed E-state index contributed by atoms with van der Waals surface area (Å²) in [7, 11) is 0. The second-order valence-corrected chi connectivity index (χ2v) is 4.80. The molecule has 3 rings (SSSR count). The second-order valence-electron chi connectivity index (χ2n) is 4.80. The molecule has 0 aliphatic heterocycles. The Bertz CT molecular complexity index is 216. The Labute approximate surface area is 68.7 Å². The summed E-state index contributed by atoms with van der Waals surface area (Å²) in [6.45, 7) is 6.58. The van der Waals surface area contributed by atoms with Gasteiger partial charge in [0.05, 0.1) is 0 Å². The third kappa shape index (κ3) is 0.544. The van der Waals surface area contributed by atoms with Crippen LogP contribution in [0.15, 0.2) is 12.2 Å². The minimum absolute atomic E-state index is 0.871. The smallest absolute Gasteiger partial charge is 0.0138 e. The highest BCUT2D eigenvalue weighted by Crippen LogP contribution is 2.65. The summed E-state index contributed by atoms with van der Waals surface area (Å²) >= 11 is 0. The summed E-state index contributed by atoms with van der Waals surface area (Å²) in [6, 6.07) is 0. The van der Waals surface area contributed by atoms with E-state index in [2.05, 4.69) is 13.5 Å². The van der Waals surface area contributed by atoms with E-state index in [1.165, 1.54) is 12.8 Å². The zero-order valence-corrected chi connectivity index (χ0v) is 7.22. The van der Waals surface area contributed by atoms with Crippen LogP contribution in [0.1, 0.15) is 26.2 Å². The first-order chi connectivity index (χ1) is 5.29. The van der Waals surface area contributed by atoms with Gasteiger partial charge in [-0.15, -0.1) is 0 Å². The predicted molar refractivity (Wildman–Crippen MR) is 46.1 cm³/mol. The zero-order chi connectivity index (χ0) is 7.59. The number of fused-ring (bicyclic) bond motifs is 5. The van der Waals surface area contributed by atoms with Crippen molar-refractivity contribution in [2.24, 2.45) is 29.6 Å². The first-order valence-corrected chi connectivity index (χ1v) is 4.97. The maximum absolute atomic E-state index is 4.20. The molecule has 0 aromatic heterocycles. The Morgan fingerprint density at radius 3 is 2.73 bits per heavy atom. The van der Waals surface area contributed by atoms with Crippen molar-refractivity contribution in [1.82, 2.24) is 0 Å². The highest BCUT2D eigenvalue weighted by Gasteiger charge is 2.57. The largest absolute Gasteiger partial charge is 0.0993 e. The van der Waals surface area contributed by atoms with Gasteiger partial charge in [-0.25, -0.2) is 0 Å². The molecule has 5 unspecified atom stereocenters. The van der Waals surface area contributed by atoms with Gasteiger partial charge in [0.1, 0.15) is 0 Å². The lowest BCUT2D eigenvalue weighted by molar-refractivity contribution is 0.113. The number of rotatable bonds is 0. The Hall–Kier alpha value is -0.260. The molecular weight excluding hydrogens is 132 g/mol. The Kier molecular flexibility index (Phi) is 0.987. The van der Waals surface area contributed by atoms with Crippen molar-refractivity contribution in [3.63, 3.8) is 0 Å². The van der Waals surface area contributed by atoms with Crippen LogP contribution < -0.4 is 0 Å². The normalized spacial score (nSPS) is 59.4. The van der Waals surface area contributed by atoms with Crippen LogP contribution in [0.3, 0.4) is 0 Å². The van der Waals surface area contributed by atoms with Gasteiger partial charge >= 0.3 is 0 Å². The van der Waals surface area contributed by atoms with Crippen LogP contribution in [0.2, 0.25) is 0 Å². The molecule has 0 amide bonds. The van der Waals surface area contributed by atoms with Crippen LogP contribution >= 0.6 is 0 Å². The van der Waals surface area contributed by atoms with Crippen molar-refractivity contribution in [1.29, 1.82) is 0 Å². The molecule has 2 bridgehead atoms. The fraction of sp³-hybridized carbons (Fsp3) is 0.818. The molecule has 0 aromatic carbocycles. The van der Waals surface area contributed by atoms with Crippen LogP contribution in [-0.2, 0) is 0 Å². The van der Waals surface area contributed by atoms with E-state index in [9.17, 15) is 0 Å². The molecule has 0 spiro atoms. The highest BCUT2D eigenvalue weighted by molar-refractivity contribution is 5.26. The van der Waals surface area contributed by atoms with Crippen molar-refractivity contribution in [3.05, 3.63) is 12.2 Å². The monoisotopic (exact) mass is 148 g/mol. The molecular formula is C11H16. The molecule has 0 heterocycles. The number of hydrogen-bond donors (Lipinski definition) is 0. The molecule has 3 saturated carbocycles. The fourth-order valence-corrected chi connectivity index (χ4v) is 4.04. The summed E-state index contributed by atoms with van der Waals surface area (Å²) in [6.07, 6.45) is 4.58. The topological polar surface area (TPSA) is 0 Å². The standard InChI is InChI=1S/C11H16/c1-6-7(2)11-9-4-3-8(5-9)10(6)11/h7-11H,1,3-5H2,2H3. The van der Waals surface area contributed by atoms with Gasteiger partial charge in [-0.05, 0) is 48.9 Å². The lowest BCUT2D eigenvalue weighted by Gasteiger charge is -2.48. The average Bonchev–Trinajstić information content (AvgIpc) is 2.58. The molecule has 5 atom stereocenters. The average molecular weight is 148 g/mol. The van der Waals surface area contributed by atoms with Gasteiger partial charge in [-0.1, -0.05) is 19.1 Å². The maximum Gasteiger partial charge on any atom is -0.0138 e.